The third kappa shape index (κ3) is 10.8. The Kier molecular flexibility index (Phi) is 12.7. The standard InChI is InChI=1S/C15H22FNO.C9H14F2O.C5H10/c1-6-7-11(3)17-14-10(2)8-12(9-13(14)16)15(4,5)18;1-2-3-7(12)9(4-5-9)6-8(10)11;1-5-3-2-4-5/h8-9,18H,6-7H2,1-5H3;8H,2-6H2,1H3;5H,2-4H2,1H3. The molecule has 2 saturated carbocycles. The fraction of sp³-hybridized carbons (Fsp3) is 0.724. The molecular weight excluding hydrogens is 451 g/mol. The second-order valence-electron chi connectivity index (χ2n) is 10.9. The summed E-state index contributed by atoms with van der Waals surface area (Å²) in [5, 5.41) is 9.89. The molecule has 0 amide bonds. The van der Waals surface area contributed by atoms with Crippen molar-refractivity contribution in [2.75, 3.05) is 0 Å². The van der Waals surface area contributed by atoms with Crippen molar-refractivity contribution in [2.45, 2.75) is 125 Å². The van der Waals surface area contributed by atoms with Crippen LogP contribution in [0.1, 0.15) is 117 Å². The molecule has 0 aliphatic heterocycles. The fourth-order valence-electron chi connectivity index (χ4n) is 3.99. The Morgan fingerprint density at radius 3 is 2.06 bits per heavy atom. The van der Waals surface area contributed by atoms with E-state index in [4.69, 9.17) is 0 Å². The summed E-state index contributed by atoms with van der Waals surface area (Å²) < 4.78 is 38.1. The third-order valence-electron chi connectivity index (χ3n) is 6.74. The van der Waals surface area contributed by atoms with Gasteiger partial charge in [0.2, 0.25) is 6.43 Å². The van der Waals surface area contributed by atoms with Crippen LogP contribution in [-0.2, 0) is 10.4 Å². The Hall–Kier alpha value is -1.69. The van der Waals surface area contributed by atoms with Crippen LogP contribution in [0.2, 0.25) is 0 Å². The SMILES string of the molecule is CC1CCC1.CCCC(=O)C1(CC(F)F)CC1.CCCC(C)=Nc1c(C)cc(C(C)(C)O)cc1F. The van der Waals surface area contributed by atoms with Crippen LogP contribution < -0.4 is 0 Å². The Morgan fingerprint density at radius 2 is 1.71 bits per heavy atom. The fourth-order valence-corrected chi connectivity index (χ4v) is 3.99. The van der Waals surface area contributed by atoms with Gasteiger partial charge < -0.3 is 5.11 Å². The molecule has 0 unspecified atom stereocenters. The van der Waals surface area contributed by atoms with E-state index in [1.165, 1.54) is 25.3 Å². The van der Waals surface area contributed by atoms with E-state index in [0.29, 0.717) is 30.5 Å². The molecule has 3 nitrogen and oxygen atoms in total. The number of carbonyl (C=O) groups is 1. The van der Waals surface area contributed by atoms with Crippen molar-refractivity contribution in [2.24, 2.45) is 16.3 Å². The van der Waals surface area contributed by atoms with Crippen LogP contribution in [0, 0.1) is 24.1 Å². The number of hydrogen-bond acceptors (Lipinski definition) is 3. The van der Waals surface area contributed by atoms with Gasteiger partial charge in [-0.2, -0.15) is 0 Å². The lowest BCUT2D eigenvalue weighted by molar-refractivity contribution is -0.125. The maximum Gasteiger partial charge on any atom is 0.239 e. The van der Waals surface area contributed by atoms with Crippen LogP contribution in [0.3, 0.4) is 0 Å². The highest BCUT2D eigenvalue weighted by atomic mass is 19.3. The molecule has 0 aromatic heterocycles. The van der Waals surface area contributed by atoms with Gasteiger partial charge in [-0.1, -0.05) is 52.5 Å². The molecule has 0 radical (unpaired) electrons. The maximum atomic E-state index is 14.0. The van der Waals surface area contributed by atoms with Crippen molar-refractivity contribution in [3.05, 3.63) is 29.1 Å². The van der Waals surface area contributed by atoms with Crippen molar-refractivity contribution in [3.8, 4) is 0 Å². The molecular formula is C29H46F3NO2. The highest BCUT2D eigenvalue weighted by Gasteiger charge is 2.50. The maximum absolute atomic E-state index is 14.0. The van der Waals surface area contributed by atoms with E-state index in [2.05, 4.69) is 18.8 Å². The van der Waals surface area contributed by atoms with Crippen molar-refractivity contribution in [1.82, 2.24) is 0 Å². The zero-order valence-electron chi connectivity index (χ0n) is 22.8. The van der Waals surface area contributed by atoms with E-state index >= 15 is 0 Å². The summed E-state index contributed by atoms with van der Waals surface area (Å²) in [7, 11) is 0. The number of alkyl halides is 2. The van der Waals surface area contributed by atoms with Gasteiger partial charge in [-0.3, -0.25) is 9.79 Å². The molecule has 0 bridgehead atoms. The quantitative estimate of drug-likeness (QED) is 0.346. The van der Waals surface area contributed by atoms with Crippen LogP contribution in [0.15, 0.2) is 17.1 Å². The number of halogens is 3. The molecule has 1 aromatic rings. The number of carbonyl (C=O) groups excluding carboxylic acids is 1. The van der Waals surface area contributed by atoms with E-state index in [-0.39, 0.29) is 18.0 Å². The average Bonchev–Trinajstić information content (AvgIpc) is 3.50. The number of nitrogens with zero attached hydrogens (tertiary/aromatic N) is 1. The topological polar surface area (TPSA) is 49.7 Å². The van der Waals surface area contributed by atoms with Crippen LogP contribution in [0.5, 0.6) is 0 Å². The summed E-state index contributed by atoms with van der Waals surface area (Å²) >= 11 is 0. The molecule has 6 heteroatoms. The number of rotatable bonds is 9. The molecule has 2 aliphatic rings. The van der Waals surface area contributed by atoms with Crippen LogP contribution >= 0.6 is 0 Å². The van der Waals surface area contributed by atoms with E-state index in [9.17, 15) is 23.1 Å². The van der Waals surface area contributed by atoms with E-state index < -0.39 is 17.4 Å². The Morgan fingerprint density at radius 1 is 1.17 bits per heavy atom. The molecule has 1 aromatic carbocycles. The molecule has 0 spiro atoms. The lowest BCUT2D eigenvalue weighted by Crippen LogP contribution is -2.18. The van der Waals surface area contributed by atoms with Crippen molar-refractivity contribution in [3.63, 3.8) is 0 Å². The summed E-state index contributed by atoms with van der Waals surface area (Å²) in [6.07, 6.45) is 6.37. The van der Waals surface area contributed by atoms with Crippen LogP contribution in [0.25, 0.3) is 0 Å². The summed E-state index contributed by atoms with van der Waals surface area (Å²) in [5.41, 5.74) is 0.993. The molecule has 2 aliphatic carbocycles. The Bertz CT molecular complexity index is 812. The molecule has 35 heavy (non-hydrogen) atoms. The van der Waals surface area contributed by atoms with Gasteiger partial charge >= 0.3 is 0 Å². The van der Waals surface area contributed by atoms with E-state index in [1.807, 2.05) is 20.8 Å². The van der Waals surface area contributed by atoms with Gasteiger partial charge in [-0.15, -0.1) is 0 Å². The van der Waals surface area contributed by atoms with Crippen LogP contribution in [0.4, 0.5) is 18.9 Å². The van der Waals surface area contributed by atoms with Gasteiger partial charge in [0, 0.05) is 24.0 Å². The Balaban J connectivity index is 0.000000306. The highest BCUT2D eigenvalue weighted by Crippen LogP contribution is 2.51. The van der Waals surface area contributed by atoms with E-state index in [1.54, 1.807) is 19.9 Å². The zero-order chi connectivity index (χ0) is 26.8. The summed E-state index contributed by atoms with van der Waals surface area (Å²) in [4.78, 5) is 15.7. The number of aliphatic hydroxyl groups is 1. The van der Waals surface area contributed by atoms with Crippen LogP contribution in [-0.4, -0.2) is 23.0 Å². The largest absolute Gasteiger partial charge is 0.386 e. The average molecular weight is 498 g/mol. The first-order chi connectivity index (χ1) is 16.3. The number of Topliss-reactive ketones (excluding diaryl/α,β-unsaturated/α-hetero) is 1. The summed E-state index contributed by atoms with van der Waals surface area (Å²) in [6.45, 7) is 13.3. The lowest BCUT2D eigenvalue weighted by atomic mass is 9.88. The molecule has 1 N–H and O–H groups in total. The minimum Gasteiger partial charge on any atom is -0.386 e. The monoisotopic (exact) mass is 497 g/mol. The van der Waals surface area contributed by atoms with Gasteiger partial charge in [0.15, 0.2) is 0 Å². The van der Waals surface area contributed by atoms with Crippen molar-refractivity contribution < 1.29 is 23.1 Å². The number of aliphatic imine (C=N–C) groups is 1. The first-order valence-electron chi connectivity index (χ1n) is 13.1. The first kappa shape index (κ1) is 31.3. The van der Waals surface area contributed by atoms with Gasteiger partial charge in [0.25, 0.3) is 0 Å². The number of aryl methyl sites for hydroxylation is 1. The second kappa shape index (κ2) is 14.2. The summed E-state index contributed by atoms with van der Waals surface area (Å²) in [6, 6.07) is 3.16. The van der Waals surface area contributed by atoms with Gasteiger partial charge in [0.1, 0.15) is 17.3 Å². The zero-order valence-corrected chi connectivity index (χ0v) is 22.8. The number of ketones is 1. The van der Waals surface area contributed by atoms with Gasteiger partial charge in [0.05, 0.1) is 5.60 Å². The highest BCUT2D eigenvalue weighted by molar-refractivity contribution is 5.87. The van der Waals surface area contributed by atoms with E-state index in [0.717, 1.165) is 36.5 Å². The van der Waals surface area contributed by atoms with Crippen molar-refractivity contribution >= 4 is 17.2 Å². The third-order valence-corrected chi connectivity index (χ3v) is 6.74. The normalized spacial score (nSPS) is 17.1. The number of benzene rings is 1. The van der Waals surface area contributed by atoms with Crippen molar-refractivity contribution in [1.29, 1.82) is 0 Å². The predicted molar refractivity (Wildman–Crippen MR) is 139 cm³/mol. The smallest absolute Gasteiger partial charge is 0.239 e. The summed E-state index contributed by atoms with van der Waals surface area (Å²) in [5.74, 6) is 0.739. The number of hydrogen-bond donors (Lipinski definition) is 1. The minimum absolute atomic E-state index is 0.0466. The first-order valence-corrected chi connectivity index (χ1v) is 13.1. The second-order valence-corrected chi connectivity index (χ2v) is 10.9. The Labute approximate surface area is 210 Å². The molecule has 3 rings (SSSR count). The molecule has 2 fully saturated rings. The molecule has 0 saturated heterocycles. The lowest BCUT2D eigenvalue weighted by Gasteiger charge is -2.19. The molecule has 0 atom stereocenters. The van der Waals surface area contributed by atoms with Gasteiger partial charge in [-0.25, -0.2) is 13.2 Å². The minimum atomic E-state index is -2.33. The van der Waals surface area contributed by atoms with Gasteiger partial charge in [-0.05, 0) is 76.5 Å². The molecule has 200 valence electrons. The molecule has 0 heterocycles. The predicted octanol–water partition coefficient (Wildman–Crippen LogP) is 8.85.